The number of ether oxygens (including phenoxy) is 1. The molecule has 6 rings (SSSR count). The molecular weight excluding hydrogens is 525 g/mol. The molecule has 0 spiro atoms. The highest BCUT2D eigenvalue weighted by molar-refractivity contribution is 7.14. The van der Waals surface area contributed by atoms with Gasteiger partial charge in [-0.2, -0.15) is 13.2 Å². The fourth-order valence-corrected chi connectivity index (χ4v) is 5.36. The highest BCUT2D eigenvalue weighted by Gasteiger charge is 2.32. The second-order valence-corrected chi connectivity index (χ2v) is 10.3. The topological polar surface area (TPSA) is 79.0 Å². The average Bonchev–Trinajstić information content (AvgIpc) is 3.56. The van der Waals surface area contributed by atoms with Gasteiger partial charge in [-0.25, -0.2) is 9.97 Å². The highest BCUT2D eigenvalue weighted by Crippen LogP contribution is 2.35. The third-order valence-electron chi connectivity index (χ3n) is 6.63. The molecule has 3 aromatic heterocycles. The van der Waals surface area contributed by atoms with Crippen molar-refractivity contribution in [1.82, 2.24) is 24.8 Å². The van der Waals surface area contributed by atoms with E-state index in [0.717, 1.165) is 39.2 Å². The summed E-state index contributed by atoms with van der Waals surface area (Å²) in [5.74, 6) is 0.393. The van der Waals surface area contributed by atoms with Gasteiger partial charge < -0.3 is 15.0 Å². The van der Waals surface area contributed by atoms with Crippen molar-refractivity contribution >= 4 is 33.2 Å². The Balaban J connectivity index is 1.30. The van der Waals surface area contributed by atoms with Crippen LogP contribution in [0.4, 0.5) is 24.0 Å². The van der Waals surface area contributed by atoms with Gasteiger partial charge in [0.1, 0.15) is 5.82 Å². The van der Waals surface area contributed by atoms with Crippen molar-refractivity contribution in [2.24, 2.45) is 0 Å². The predicted octanol–water partition coefficient (Wildman–Crippen LogP) is 6.65. The molecule has 5 aromatic rings. The van der Waals surface area contributed by atoms with Crippen LogP contribution in [0.15, 0.2) is 60.2 Å². The summed E-state index contributed by atoms with van der Waals surface area (Å²) in [6, 6.07) is 11.8. The normalized spacial score (nSPS) is 14.7. The zero-order valence-electron chi connectivity index (χ0n) is 21.0. The van der Waals surface area contributed by atoms with E-state index < -0.39 is 11.7 Å². The summed E-state index contributed by atoms with van der Waals surface area (Å²) < 4.78 is 46.7. The van der Waals surface area contributed by atoms with Gasteiger partial charge in [0.25, 0.3) is 0 Å². The molecular formula is C28H25F3N6OS. The minimum atomic E-state index is -4.46. The van der Waals surface area contributed by atoms with E-state index in [1.54, 1.807) is 18.5 Å². The molecule has 0 bridgehead atoms. The van der Waals surface area contributed by atoms with Crippen molar-refractivity contribution in [3.05, 3.63) is 76.9 Å². The quantitative estimate of drug-likeness (QED) is 0.246. The van der Waals surface area contributed by atoms with Crippen molar-refractivity contribution in [1.29, 1.82) is 0 Å². The molecule has 0 saturated carbocycles. The molecule has 2 N–H and O–H groups in total. The smallest absolute Gasteiger partial charge is 0.379 e. The SMILES string of the molecule is Cc1cc2[nH]c(-c3cc(CN4CCOCC4)cc(C(F)(F)F)c3)nc2cc1Nc1nc(-c2cccnc2)cs1. The van der Waals surface area contributed by atoms with Crippen LogP contribution in [0.2, 0.25) is 0 Å². The van der Waals surface area contributed by atoms with Gasteiger partial charge in [-0.3, -0.25) is 9.88 Å². The Morgan fingerprint density at radius 3 is 2.69 bits per heavy atom. The third kappa shape index (κ3) is 5.65. The Hall–Kier alpha value is -3.80. The lowest BCUT2D eigenvalue weighted by Gasteiger charge is -2.27. The summed E-state index contributed by atoms with van der Waals surface area (Å²) in [7, 11) is 0. The van der Waals surface area contributed by atoms with Crippen LogP contribution in [0.25, 0.3) is 33.7 Å². The van der Waals surface area contributed by atoms with E-state index in [2.05, 4.69) is 30.2 Å². The zero-order chi connectivity index (χ0) is 27.0. The predicted molar refractivity (Wildman–Crippen MR) is 146 cm³/mol. The number of hydrogen-bond acceptors (Lipinski definition) is 7. The number of anilines is 2. The van der Waals surface area contributed by atoms with Crippen molar-refractivity contribution in [2.45, 2.75) is 19.6 Å². The molecule has 4 heterocycles. The molecule has 1 fully saturated rings. The van der Waals surface area contributed by atoms with Gasteiger partial charge in [0.05, 0.1) is 35.5 Å². The molecule has 0 atom stereocenters. The van der Waals surface area contributed by atoms with Crippen molar-refractivity contribution in [3.8, 4) is 22.6 Å². The van der Waals surface area contributed by atoms with E-state index in [-0.39, 0.29) is 0 Å². The van der Waals surface area contributed by atoms with Crippen molar-refractivity contribution < 1.29 is 17.9 Å². The first-order chi connectivity index (χ1) is 18.8. The third-order valence-corrected chi connectivity index (χ3v) is 7.39. The van der Waals surface area contributed by atoms with Gasteiger partial charge in [0.15, 0.2) is 5.13 Å². The second kappa shape index (κ2) is 10.4. The number of rotatable bonds is 6. The number of H-pyrrole nitrogens is 1. The van der Waals surface area contributed by atoms with Crippen LogP contribution in [0.3, 0.4) is 0 Å². The molecule has 0 amide bonds. The number of fused-ring (bicyclic) bond motifs is 1. The van der Waals surface area contributed by atoms with Crippen molar-refractivity contribution in [2.75, 3.05) is 31.6 Å². The maximum Gasteiger partial charge on any atom is 0.416 e. The average molecular weight is 551 g/mol. The largest absolute Gasteiger partial charge is 0.416 e. The molecule has 2 aromatic carbocycles. The minimum Gasteiger partial charge on any atom is -0.379 e. The number of halogens is 3. The molecule has 1 aliphatic rings. The summed E-state index contributed by atoms with van der Waals surface area (Å²) in [6.07, 6.45) is -0.977. The summed E-state index contributed by atoms with van der Waals surface area (Å²) in [5.41, 5.74) is 5.23. The van der Waals surface area contributed by atoms with Crippen LogP contribution < -0.4 is 5.32 Å². The summed E-state index contributed by atoms with van der Waals surface area (Å²) in [4.78, 5) is 18.8. The summed E-state index contributed by atoms with van der Waals surface area (Å²) >= 11 is 1.48. The Morgan fingerprint density at radius 1 is 1.08 bits per heavy atom. The number of pyridine rings is 1. The number of aryl methyl sites for hydroxylation is 1. The molecule has 0 aliphatic carbocycles. The van der Waals surface area contributed by atoms with Gasteiger partial charge >= 0.3 is 6.18 Å². The van der Waals surface area contributed by atoms with Crippen LogP contribution in [0.5, 0.6) is 0 Å². The number of morpholine rings is 1. The number of aromatic amines is 1. The van der Waals surface area contributed by atoms with Crippen LogP contribution in [0, 0.1) is 6.92 Å². The number of thiazole rings is 1. The van der Waals surface area contributed by atoms with E-state index in [1.807, 2.05) is 36.6 Å². The molecule has 11 heteroatoms. The fraction of sp³-hybridized carbons (Fsp3) is 0.250. The van der Waals surface area contributed by atoms with Crippen LogP contribution >= 0.6 is 11.3 Å². The van der Waals surface area contributed by atoms with E-state index in [9.17, 15) is 13.2 Å². The van der Waals surface area contributed by atoms with E-state index >= 15 is 0 Å². The van der Waals surface area contributed by atoms with Crippen LogP contribution in [0.1, 0.15) is 16.7 Å². The van der Waals surface area contributed by atoms with E-state index in [1.165, 1.54) is 17.4 Å². The monoisotopic (exact) mass is 550 g/mol. The second-order valence-electron chi connectivity index (χ2n) is 9.48. The Labute approximate surface area is 226 Å². The number of alkyl halides is 3. The molecule has 1 aliphatic heterocycles. The van der Waals surface area contributed by atoms with Crippen molar-refractivity contribution in [3.63, 3.8) is 0 Å². The molecule has 0 unspecified atom stereocenters. The summed E-state index contributed by atoms with van der Waals surface area (Å²) in [6.45, 7) is 4.92. The summed E-state index contributed by atoms with van der Waals surface area (Å²) in [5, 5.41) is 6.04. The van der Waals surface area contributed by atoms with Crippen LogP contribution in [-0.4, -0.2) is 51.1 Å². The molecule has 1 saturated heterocycles. The lowest BCUT2D eigenvalue weighted by molar-refractivity contribution is -0.137. The molecule has 0 radical (unpaired) electrons. The van der Waals surface area contributed by atoms with Gasteiger partial charge in [0, 0.05) is 54.2 Å². The number of nitrogens with one attached hydrogen (secondary N) is 2. The van der Waals surface area contributed by atoms with Crippen LogP contribution in [-0.2, 0) is 17.5 Å². The lowest BCUT2D eigenvalue weighted by Crippen LogP contribution is -2.35. The van der Waals surface area contributed by atoms with E-state index in [4.69, 9.17) is 4.74 Å². The van der Waals surface area contributed by atoms with Gasteiger partial charge in [-0.1, -0.05) is 0 Å². The first-order valence-electron chi connectivity index (χ1n) is 12.5. The van der Waals surface area contributed by atoms with Gasteiger partial charge in [-0.05, 0) is 60.5 Å². The number of benzene rings is 2. The van der Waals surface area contributed by atoms with Gasteiger partial charge in [-0.15, -0.1) is 11.3 Å². The minimum absolute atomic E-state index is 0.393. The maximum absolute atomic E-state index is 13.8. The molecule has 200 valence electrons. The number of hydrogen-bond donors (Lipinski definition) is 2. The highest BCUT2D eigenvalue weighted by atomic mass is 32.1. The molecule has 7 nitrogen and oxygen atoms in total. The number of imidazole rings is 1. The number of aromatic nitrogens is 4. The Bertz CT molecular complexity index is 1610. The van der Waals surface area contributed by atoms with E-state index in [0.29, 0.717) is 55.3 Å². The maximum atomic E-state index is 13.8. The Kier molecular flexibility index (Phi) is 6.79. The molecule has 39 heavy (non-hydrogen) atoms. The lowest BCUT2D eigenvalue weighted by atomic mass is 10.0. The zero-order valence-corrected chi connectivity index (χ0v) is 21.9. The first kappa shape index (κ1) is 25.5. The number of nitrogens with zero attached hydrogens (tertiary/aromatic N) is 4. The fourth-order valence-electron chi connectivity index (χ4n) is 4.63. The van der Waals surface area contributed by atoms with Gasteiger partial charge in [0.2, 0.25) is 0 Å². The first-order valence-corrected chi connectivity index (χ1v) is 13.3. The Morgan fingerprint density at radius 2 is 1.92 bits per heavy atom. The standard InChI is InChI=1S/C28H25F3N6OS/c1-17-9-23-24(13-22(17)35-27-36-25(16-39-27)19-3-2-4-32-14-19)34-26(33-23)20-10-18(11-21(12-20)28(29,30)31)15-37-5-7-38-8-6-37/h2-4,9-14,16H,5-8,15H2,1H3,(H,33,34)(H,35,36).